The molecule has 0 bridgehead atoms. The molecule has 1 saturated carbocycles. The van der Waals surface area contributed by atoms with E-state index in [2.05, 4.69) is 12.2 Å². The summed E-state index contributed by atoms with van der Waals surface area (Å²) in [6.45, 7) is 2.14. The molecule has 1 fully saturated rings. The summed E-state index contributed by atoms with van der Waals surface area (Å²) in [5.74, 6) is -0.915. The van der Waals surface area contributed by atoms with E-state index in [0.29, 0.717) is 19.3 Å². The van der Waals surface area contributed by atoms with E-state index in [1.807, 2.05) is 0 Å². The highest BCUT2D eigenvalue weighted by Crippen LogP contribution is 2.25. The van der Waals surface area contributed by atoms with Crippen LogP contribution >= 0.6 is 0 Å². The van der Waals surface area contributed by atoms with E-state index in [4.69, 9.17) is 5.11 Å². The molecule has 4 heteroatoms. The molecule has 4 nitrogen and oxygen atoms in total. The van der Waals surface area contributed by atoms with Gasteiger partial charge in [0.25, 0.3) is 0 Å². The third-order valence-electron chi connectivity index (χ3n) is 3.40. The molecule has 0 aromatic rings. The van der Waals surface area contributed by atoms with Crippen LogP contribution in [0.1, 0.15) is 58.3 Å². The van der Waals surface area contributed by atoms with Crippen molar-refractivity contribution in [3.63, 3.8) is 0 Å². The molecule has 1 amide bonds. The van der Waals surface area contributed by atoms with Gasteiger partial charge in [-0.3, -0.25) is 9.59 Å². The molecule has 0 aromatic heterocycles. The Morgan fingerprint density at radius 2 is 2.00 bits per heavy atom. The predicted molar refractivity (Wildman–Crippen MR) is 65.7 cm³/mol. The number of carboxylic acids is 1. The standard InChI is InChI=1S/C13H23NO3/c1-2-3-4-5-6-12(15)14-11-8-7-10(9-11)13(16)17/h10-11H,2-9H2,1H3,(H,14,15)(H,16,17). The minimum Gasteiger partial charge on any atom is -0.481 e. The molecule has 2 unspecified atom stereocenters. The first-order valence-corrected chi connectivity index (χ1v) is 6.65. The van der Waals surface area contributed by atoms with Gasteiger partial charge in [0.05, 0.1) is 5.92 Å². The summed E-state index contributed by atoms with van der Waals surface area (Å²) in [6, 6.07) is 0.0785. The largest absolute Gasteiger partial charge is 0.481 e. The first kappa shape index (κ1) is 14.0. The lowest BCUT2D eigenvalue weighted by Crippen LogP contribution is -2.33. The maximum atomic E-state index is 11.6. The predicted octanol–water partition coefficient (Wildman–Crippen LogP) is 2.33. The number of nitrogens with one attached hydrogen (secondary N) is 1. The number of amides is 1. The van der Waals surface area contributed by atoms with Crippen molar-refractivity contribution >= 4 is 11.9 Å². The quantitative estimate of drug-likeness (QED) is 0.672. The van der Waals surface area contributed by atoms with Crippen molar-refractivity contribution in [1.29, 1.82) is 0 Å². The Morgan fingerprint density at radius 1 is 1.24 bits per heavy atom. The summed E-state index contributed by atoms with van der Waals surface area (Å²) in [6.07, 6.45) is 7.06. The molecule has 0 aromatic carbocycles. The lowest BCUT2D eigenvalue weighted by molar-refractivity contribution is -0.141. The molecule has 1 rings (SSSR count). The Morgan fingerprint density at radius 3 is 2.59 bits per heavy atom. The molecule has 0 saturated heterocycles. The summed E-state index contributed by atoms with van der Waals surface area (Å²) in [4.78, 5) is 22.3. The van der Waals surface area contributed by atoms with Crippen LogP contribution in [0.15, 0.2) is 0 Å². The number of carbonyl (C=O) groups excluding carboxylic acids is 1. The zero-order chi connectivity index (χ0) is 12.7. The van der Waals surface area contributed by atoms with Crippen LogP contribution in [0, 0.1) is 5.92 Å². The third kappa shape index (κ3) is 5.20. The van der Waals surface area contributed by atoms with Crippen molar-refractivity contribution in [2.24, 2.45) is 5.92 Å². The summed E-state index contributed by atoms with van der Waals surface area (Å²) in [7, 11) is 0. The Hall–Kier alpha value is -1.06. The molecular formula is C13H23NO3. The zero-order valence-electron chi connectivity index (χ0n) is 10.6. The van der Waals surface area contributed by atoms with Gasteiger partial charge in [-0.25, -0.2) is 0 Å². The van der Waals surface area contributed by atoms with Crippen LogP contribution in [0.3, 0.4) is 0 Å². The van der Waals surface area contributed by atoms with Crippen molar-refractivity contribution in [1.82, 2.24) is 5.32 Å². The molecule has 0 spiro atoms. The van der Waals surface area contributed by atoms with Crippen LogP contribution < -0.4 is 5.32 Å². The monoisotopic (exact) mass is 241 g/mol. The van der Waals surface area contributed by atoms with Gasteiger partial charge >= 0.3 is 5.97 Å². The highest BCUT2D eigenvalue weighted by molar-refractivity contribution is 5.76. The molecule has 2 atom stereocenters. The van der Waals surface area contributed by atoms with Crippen LogP contribution in [0.4, 0.5) is 0 Å². The summed E-state index contributed by atoms with van der Waals surface area (Å²) < 4.78 is 0. The fourth-order valence-corrected chi connectivity index (χ4v) is 2.35. The lowest BCUT2D eigenvalue weighted by atomic mass is 10.1. The molecule has 17 heavy (non-hydrogen) atoms. The van der Waals surface area contributed by atoms with Gasteiger partial charge in [0, 0.05) is 12.5 Å². The molecule has 2 N–H and O–H groups in total. The van der Waals surface area contributed by atoms with Gasteiger partial charge in [-0.05, 0) is 25.7 Å². The second-order valence-electron chi connectivity index (χ2n) is 4.92. The van der Waals surface area contributed by atoms with Crippen LogP contribution in [0.25, 0.3) is 0 Å². The Kier molecular flexibility index (Phi) is 6.01. The number of carbonyl (C=O) groups is 2. The molecular weight excluding hydrogens is 218 g/mol. The lowest BCUT2D eigenvalue weighted by Gasteiger charge is -2.12. The van der Waals surface area contributed by atoms with Crippen molar-refractivity contribution in [3.05, 3.63) is 0 Å². The number of hydrogen-bond acceptors (Lipinski definition) is 2. The van der Waals surface area contributed by atoms with Gasteiger partial charge in [0.15, 0.2) is 0 Å². The minimum absolute atomic E-state index is 0.0785. The molecule has 0 radical (unpaired) electrons. The maximum Gasteiger partial charge on any atom is 0.306 e. The average molecular weight is 241 g/mol. The fraction of sp³-hybridized carbons (Fsp3) is 0.846. The van der Waals surface area contributed by atoms with Crippen LogP contribution in [-0.2, 0) is 9.59 Å². The van der Waals surface area contributed by atoms with E-state index in [-0.39, 0.29) is 17.9 Å². The van der Waals surface area contributed by atoms with E-state index in [0.717, 1.165) is 19.3 Å². The van der Waals surface area contributed by atoms with Crippen molar-refractivity contribution in [2.45, 2.75) is 64.3 Å². The van der Waals surface area contributed by atoms with Gasteiger partial charge < -0.3 is 10.4 Å². The van der Waals surface area contributed by atoms with Crippen molar-refractivity contribution in [3.8, 4) is 0 Å². The van der Waals surface area contributed by atoms with E-state index < -0.39 is 5.97 Å². The highest BCUT2D eigenvalue weighted by atomic mass is 16.4. The number of hydrogen-bond donors (Lipinski definition) is 2. The average Bonchev–Trinajstić information content (AvgIpc) is 2.73. The summed E-state index contributed by atoms with van der Waals surface area (Å²) >= 11 is 0. The van der Waals surface area contributed by atoms with E-state index in [1.54, 1.807) is 0 Å². The number of aliphatic carboxylic acids is 1. The first-order valence-electron chi connectivity index (χ1n) is 6.65. The maximum absolute atomic E-state index is 11.6. The van der Waals surface area contributed by atoms with Gasteiger partial charge in [-0.15, -0.1) is 0 Å². The molecule has 1 aliphatic carbocycles. The van der Waals surface area contributed by atoms with Crippen molar-refractivity contribution in [2.75, 3.05) is 0 Å². The van der Waals surface area contributed by atoms with Gasteiger partial charge in [-0.2, -0.15) is 0 Å². The van der Waals surface area contributed by atoms with Gasteiger partial charge in [0.1, 0.15) is 0 Å². The number of carboxylic acid groups (broad SMARTS) is 1. The van der Waals surface area contributed by atoms with E-state index in [1.165, 1.54) is 12.8 Å². The fourth-order valence-electron chi connectivity index (χ4n) is 2.35. The molecule has 0 aliphatic heterocycles. The van der Waals surface area contributed by atoms with Gasteiger partial charge in [0.2, 0.25) is 5.91 Å². The van der Waals surface area contributed by atoms with Crippen LogP contribution in [-0.4, -0.2) is 23.0 Å². The third-order valence-corrected chi connectivity index (χ3v) is 3.40. The van der Waals surface area contributed by atoms with Gasteiger partial charge in [-0.1, -0.05) is 26.2 Å². The Balaban J connectivity index is 2.13. The smallest absolute Gasteiger partial charge is 0.306 e. The Labute approximate surface area is 103 Å². The summed E-state index contributed by atoms with van der Waals surface area (Å²) in [5.41, 5.74) is 0. The van der Waals surface area contributed by atoms with E-state index in [9.17, 15) is 9.59 Å². The number of rotatable bonds is 7. The minimum atomic E-state index is -0.732. The molecule has 1 aliphatic rings. The van der Waals surface area contributed by atoms with Crippen LogP contribution in [0.2, 0.25) is 0 Å². The normalized spacial score (nSPS) is 23.6. The second kappa shape index (κ2) is 7.30. The number of unbranched alkanes of at least 4 members (excludes halogenated alkanes) is 3. The highest BCUT2D eigenvalue weighted by Gasteiger charge is 2.30. The van der Waals surface area contributed by atoms with Crippen LogP contribution in [0.5, 0.6) is 0 Å². The Bertz CT molecular complexity index is 265. The summed E-state index contributed by atoms with van der Waals surface area (Å²) in [5, 5.41) is 11.8. The van der Waals surface area contributed by atoms with Crippen molar-refractivity contribution < 1.29 is 14.7 Å². The zero-order valence-corrected chi connectivity index (χ0v) is 10.6. The second-order valence-corrected chi connectivity index (χ2v) is 4.92. The first-order chi connectivity index (χ1) is 8.13. The SMILES string of the molecule is CCCCCCC(=O)NC1CCC(C(=O)O)C1. The topological polar surface area (TPSA) is 66.4 Å². The van der Waals surface area contributed by atoms with E-state index >= 15 is 0 Å². The molecule has 98 valence electrons. The molecule has 0 heterocycles.